The maximum absolute atomic E-state index is 12.1. The van der Waals surface area contributed by atoms with E-state index in [4.69, 9.17) is 4.74 Å². The number of benzene rings is 1. The maximum Gasteiger partial charge on any atom is 0.251 e. The number of nitrogens with zero attached hydrogens (tertiary/aromatic N) is 2. The molecule has 5 nitrogen and oxygen atoms in total. The Morgan fingerprint density at radius 3 is 2.80 bits per heavy atom. The zero-order valence-corrected chi connectivity index (χ0v) is 11.4. The highest BCUT2D eigenvalue weighted by atomic mass is 16.5. The molecular formula is C15H17N3O2. The number of para-hydroxylation sites is 1. The second-order valence-electron chi connectivity index (χ2n) is 4.72. The Balaban J connectivity index is 2.11. The molecule has 104 valence electrons. The van der Waals surface area contributed by atoms with Crippen LogP contribution < -0.4 is 10.2 Å². The van der Waals surface area contributed by atoms with Gasteiger partial charge in [0.05, 0.1) is 24.3 Å². The number of anilines is 1. The zero-order valence-electron chi connectivity index (χ0n) is 11.4. The standard InChI is InChI=1S/C15H17N3O2/c1-16-15(19)12-10-14(18-6-8-20-9-7-18)17-13-5-3-2-4-11(12)13/h2-5,10H,6-9H2,1H3,(H,16,19). The summed E-state index contributed by atoms with van der Waals surface area (Å²) in [6, 6.07) is 9.59. The fraction of sp³-hybridized carbons (Fsp3) is 0.333. The van der Waals surface area contributed by atoms with Crippen molar-refractivity contribution in [2.75, 3.05) is 38.3 Å². The summed E-state index contributed by atoms with van der Waals surface area (Å²) in [5, 5.41) is 3.57. The number of rotatable bonds is 2. The Kier molecular flexibility index (Phi) is 3.52. The number of carbonyl (C=O) groups excluding carboxylic acids is 1. The lowest BCUT2D eigenvalue weighted by Crippen LogP contribution is -2.37. The second-order valence-corrected chi connectivity index (χ2v) is 4.72. The van der Waals surface area contributed by atoms with E-state index >= 15 is 0 Å². The lowest BCUT2D eigenvalue weighted by atomic mass is 10.1. The minimum atomic E-state index is -0.0851. The van der Waals surface area contributed by atoms with Gasteiger partial charge in [-0.1, -0.05) is 18.2 Å². The number of fused-ring (bicyclic) bond motifs is 1. The largest absolute Gasteiger partial charge is 0.378 e. The minimum Gasteiger partial charge on any atom is -0.378 e. The Hall–Kier alpha value is -2.14. The molecule has 0 unspecified atom stereocenters. The van der Waals surface area contributed by atoms with Gasteiger partial charge in [-0.15, -0.1) is 0 Å². The van der Waals surface area contributed by atoms with Gasteiger partial charge in [-0.25, -0.2) is 4.98 Å². The molecule has 0 bridgehead atoms. The summed E-state index contributed by atoms with van der Waals surface area (Å²) < 4.78 is 5.36. The van der Waals surface area contributed by atoms with Crippen LogP contribution in [0.2, 0.25) is 0 Å². The number of pyridine rings is 1. The second kappa shape index (κ2) is 5.46. The zero-order chi connectivity index (χ0) is 13.9. The van der Waals surface area contributed by atoms with Crippen LogP contribution in [-0.2, 0) is 4.74 Å². The van der Waals surface area contributed by atoms with Gasteiger partial charge in [-0.05, 0) is 12.1 Å². The van der Waals surface area contributed by atoms with Crippen LogP contribution in [0.4, 0.5) is 5.82 Å². The molecule has 1 saturated heterocycles. The fourth-order valence-electron chi connectivity index (χ4n) is 2.44. The molecule has 2 heterocycles. The minimum absolute atomic E-state index is 0.0851. The number of carbonyl (C=O) groups is 1. The first kappa shape index (κ1) is 12.9. The molecule has 0 atom stereocenters. The first-order valence-corrected chi connectivity index (χ1v) is 6.74. The van der Waals surface area contributed by atoms with Gasteiger partial charge >= 0.3 is 0 Å². The molecule has 1 aromatic carbocycles. The first-order chi connectivity index (χ1) is 9.79. The molecule has 1 aromatic heterocycles. The van der Waals surface area contributed by atoms with Gasteiger partial charge in [0.1, 0.15) is 5.82 Å². The van der Waals surface area contributed by atoms with E-state index in [1.807, 2.05) is 30.3 Å². The van der Waals surface area contributed by atoms with Gasteiger partial charge in [-0.3, -0.25) is 4.79 Å². The predicted molar refractivity (Wildman–Crippen MR) is 78.2 cm³/mol. The van der Waals surface area contributed by atoms with Gasteiger partial charge in [0, 0.05) is 25.5 Å². The van der Waals surface area contributed by atoms with Crippen molar-refractivity contribution in [3.8, 4) is 0 Å². The lowest BCUT2D eigenvalue weighted by molar-refractivity contribution is 0.0964. The van der Waals surface area contributed by atoms with E-state index in [9.17, 15) is 4.79 Å². The molecule has 3 rings (SSSR count). The van der Waals surface area contributed by atoms with E-state index in [0.29, 0.717) is 18.8 Å². The van der Waals surface area contributed by atoms with E-state index in [1.54, 1.807) is 7.05 Å². The molecule has 1 aliphatic heterocycles. The van der Waals surface area contributed by atoms with Crippen LogP contribution in [0.3, 0.4) is 0 Å². The molecule has 0 spiro atoms. The van der Waals surface area contributed by atoms with Crippen molar-refractivity contribution >= 4 is 22.6 Å². The van der Waals surface area contributed by atoms with Crippen molar-refractivity contribution in [3.05, 3.63) is 35.9 Å². The van der Waals surface area contributed by atoms with Gasteiger partial charge in [0.2, 0.25) is 0 Å². The van der Waals surface area contributed by atoms with Crippen LogP contribution in [0.25, 0.3) is 10.9 Å². The van der Waals surface area contributed by atoms with Crippen molar-refractivity contribution in [1.29, 1.82) is 0 Å². The monoisotopic (exact) mass is 271 g/mol. The Bertz CT molecular complexity index is 636. The number of amides is 1. The molecule has 0 saturated carbocycles. The summed E-state index contributed by atoms with van der Waals surface area (Å²) in [4.78, 5) is 18.9. The summed E-state index contributed by atoms with van der Waals surface area (Å²) in [6.45, 7) is 3.00. The highest BCUT2D eigenvalue weighted by molar-refractivity contribution is 6.06. The third kappa shape index (κ3) is 2.32. The van der Waals surface area contributed by atoms with Crippen molar-refractivity contribution in [1.82, 2.24) is 10.3 Å². The molecule has 1 fully saturated rings. The van der Waals surface area contributed by atoms with Crippen LogP contribution in [0.5, 0.6) is 0 Å². The molecule has 1 N–H and O–H groups in total. The molecular weight excluding hydrogens is 254 g/mol. The van der Waals surface area contributed by atoms with Crippen LogP contribution in [-0.4, -0.2) is 44.2 Å². The number of hydrogen-bond donors (Lipinski definition) is 1. The quantitative estimate of drug-likeness (QED) is 0.898. The molecule has 2 aromatic rings. The summed E-state index contributed by atoms with van der Waals surface area (Å²) in [5.41, 5.74) is 1.51. The number of hydrogen-bond acceptors (Lipinski definition) is 4. The van der Waals surface area contributed by atoms with Crippen molar-refractivity contribution in [2.45, 2.75) is 0 Å². The van der Waals surface area contributed by atoms with Gasteiger partial charge in [-0.2, -0.15) is 0 Å². The average molecular weight is 271 g/mol. The van der Waals surface area contributed by atoms with E-state index in [-0.39, 0.29) is 5.91 Å². The Morgan fingerprint density at radius 2 is 2.05 bits per heavy atom. The summed E-state index contributed by atoms with van der Waals surface area (Å²) in [7, 11) is 1.64. The molecule has 1 aliphatic rings. The first-order valence-electron chi connectivity index (χ1n) is 6.74. The third-order valence-corrected chi connectivity index (χ3v) is 3.51. The lowest BCUT2D eigenvalue weighted by Gasteiger charge is -2.28. The summed E-state index contributed by atoms with van der Waals surface area (Å²) in [6.07, 6.45) is 0. The van der Waals surface area contributed by atoms with Crippen LogP contribution in [0.15, 0.2) is 30.3 Å². The average Bonchev–Trinajstić information content (AvgIpc) is 2.54. The Morgan fingerprint density at radius 1 is 1.30 bits per heavy atom. The van der Waals surface area contributed by atoms with Gasteiger partial charge < -0.3 is 15.0 Å². The van der Waals surface area contributed by atoms with Gasteiger partial charge in [0.25, 0.3) is 5.91 Å². The molecule has 0 radical (unpaired) electrons. The number of nitrogens with one attached hydrogen (secondary N) is 1. The van der Waals surface area contributed by atoms with Crippen molar-refractivity contribution in [2.24, 2.45) is 0 Å². The van der Waals surface area contributed by atoms with E-state index in [0.717, 1.165) is 29.8 Å². The molecule has 5 heteroatoms. The fourth-order valence-corrected chi connectivity index (χ4v) is 2.44. The molecule has 1 amide bonds. The number of ether oxygens (including phenoxy) is 1. The highest BCUT2D eigenvalue weighted by Crippen LogP contribution is 2.23. The van der Waals surface area contributed by atoms with Crippen molar-refractivity contribution < 1.29 is 9.53 Å². The predicted octanol–water partition coefficient (Wildman–Crippen LogP) is 1.43. The van der Waals surface area contributed by atoms with Crippen LogP contribution >= 0.6 is 0 Å². The van der Waals surface area contributed by atoms with Crippen LogP contribution in [0.1, 0.15) is 10.4 Å². The van der Waals surface area contributed by atoms with E-state index in [1.165, 1.54) is 0 Å². The normalized spacial score (nSPS) is 15.3. The summed E-state index contributed by atoms with van der Waals surface area (Å²) in [5.74, 6) is 0.753. The smallest absolute Gasteiger partial charge is 0.251 e. The molecule has 20 heavy (non-hydrogen) atoms. The highest BCUT2D eigenvalue weighted by Gasteiger charge is 2.17. The van der Waals surface area contributed by atoms with E-state index in [2.05, 4.69) is 15.2 Å². The summed E-state index contributed by atoms with van der Waals surface area (Å²) >= 11 is 0. The third-order valence-electron chi connectivity index (χ3n) is 3.51. The van der Waals surface area contributed by atoms with E-state index < -0.39 is 0 Å². The van der Waals surface area contributed by atoms with Crippen LogP contribution in [0, 0.1) is 0 Å². The Labute approximate surface area is 117 Å². The molecule has 0 aliphatic carbocycles. The van der Waals surface area contributed by atoms with Gasteiger partial charge in [0.15, 0.2) is 0 Å². The number of aromatic nitrogens is 1. The topological polar surface area (TPSA) is 54.5 Å². The van der Waals surface area contributed by atoms with Crippen molar-refractivity contribution in [3.63, 3.8) is 0 Å². The number of morpholine rings is 1. The maximum atomic E-state index is 12.1. The SMILES string of the molecule is CNC(=O)c1cc(N2CCOCC2)nc2ccccc12.